The molecule has 144 valence electrons. The minimum absolute atomic E-state index is 0.0000697. The van der Waals surface area contributed by atoms with Crippen molar-refractivity contribution in [1.29, 1.82) is 0 Å². The number of H-pyrrole nitrogens is 1. The highest BCUT2D eigenvalue weighted by Crippen LogP contribution is 2.29. The van der Waals surface area contributed by atoms with Gasteiger partial charge in [-0.25, -0.2) is 0 Å². The third kappa shape index (κ3) is 4.27. The summed E-state index contributed by atoms with van der Waals surface area (Å²) in [4.78, 5) is 16.6. The zero-order valence-corrected chi connectivity index (χ0v) is 15.5. The molecule has 0 radical (unpaired) electrons. The van der Waals surface area contributed by atoms with Crippen molar-refractivity contribution >= 4 is 5.97 Å². The van der Waals surface area contributed by atoms with E-state index in [2.05, 4.69) is 20.0 Å². The number of aromatic amines is 1. The van der Waals surface area contributed by atoms with Crippen molar-refractivity contribution in [3.8, 4) is 0 Å². The second kappa shape index (κ2) is 8.50. The predicted octanol–water partition coefficient (Wildman–Crippen LogP) is 1.37. The van der Waals surface area contributed by atoms with Gasteiger partial charge >= 0.3 is 5.97 Å². The van der Waals surface area contributed by atoms with Crippen LogP contribution in [0.5, 0.6) is 0 Å². The SMILES string of the molecule is O=C1OCCC1CCN1CCCC(c2[nH]ncc2CN2CCOCC2)C1. The lowest BCUT2D eigenvalue weighted by atomic mass is 9.92. The van der Waals surface area contributed by atoms with E-state index < -0.39 is 0 Å². The van der Waals surface area contributed by atoms with Gasteiger partial charge in [0.15, 0.2) is 0 Å². The predicted molar refractivity (Wildman–Crippen MR) is 96.8 cm³/mol. The Kier molecular flexibility index (Phi) is 5.87. The van der Waals surface area contributed by atoms with Crippen molar-refractivity contribution in [3.63, 3.8) is 0 Å². The fourth-order valence-electron chi connectivity index (χ4n) is 4.43. The molecule has 7 nitrogen and oxygen atoms in total. The summed E-state index contributed by atoms with van der Waals surface area (Å²) in [5, 5.41) is 7.63. The van der Waals surface area contributed by atoms with E-state index in [0.717, 1.165) is 65.3 Å². The number of carbonyl (C=O) groups excluding carboxylic acids is 1. The minimum Gasteiger partial charge on any atom is -0.465 e. The molecule has 0 spiro atoms. The Balaban J connectivity index is 1.32. The molecule has 0 aliphatic carbocycles. The molecule has 3 fully saturated rings. The van der Waals surface area contributed by atoms with Gasteiger partial charge in [-0.05, 0) is 38.8 Å². The molecule has 0 bridgehead atoms. The van der Waals surface area contributed by atoms with Crippen LogP contribution in [-0.4, -0.2) is 78.5 Å². The van der Waals surface area contributed by atoms with Crippen LogP contribution in [0.2, 0.25) is 0 Å². The number of cyclic esters (lactones) is 1. The summed E-state index contributed by atoms with van der Waals surface area (Å²) in [6.07, 6.45) is 6.23. The summed E-state index contributed by atoms with van der Waals surface area (Å²) in [6.45, 7) is 8.39. The van der Waals surface area contributed by atoms with Gasteiger partial charge in [-0.2, -0.15) is 5.10 Å². The highest BCUT2D eigenvalue weighted by atomic mass is 16.5. The Hall–Kier alpha value is -1.44. The van der Waals surface area contributed by atoms with Crippen molar-refractivity contribution < 1.29 is 14.3 Å². The number of nitrogens with zero attached hydrogens (tertiary/aromatic N) is 3. The molecule has 3 aliphatic rings. The second-order valence-electron chi connectivity index (χ2n) is 7.78. The normalized spacial score (nSPS) is 28.4. The molecule has 26 heavy (non-hydrogen) atoms. The lowest BCUT2D eigenvalue weighted by Gasteiger charge is -2.33. The van der Waals surface area contributed by atoms with Crippen LogP contribution < -0.4 is 0 Å². The van der Waals surface area contributed by atoms with Crippen LogP contribution in [0.3, 0.4) is 0 Å². The van der Waals surface area contributed by atoms with Gasteiger partial charge in [0, 0.05) is 43.4 Å². The Labute approximate surface area is 155 Å². The fourth-order valence-corrected chi connectivity index (χ4v) is 4.43. The lowest BCUT2D eigenvalue weighted by molar-refractivity contribution is -0.141. The molecule has 1 aromatic heterocycles. The zero-order valence-electron chi connectivity index (χ0n) is 15.5. The van der Waals surface area contributed by atoms with Crippen LogP contribution in [0.4, 0.5) is 0 Å². The maximum Gasteiger partial charge on any atom is 0.309 e. The molecule has 2 atom stereocenters. The van der Waals surface area contributed by atoms with Gasteiger partial charge in [-0.1, -0.05) is 0 Å². The molecule has 0 aromatic carbocycles. The number of carbonyl (C=O) groups is 1. The summed E-state index contributed by atoms with van der Waals surface area (Å²) in [7, 11) is 0. The number of nitrogens with one attached hydrogen (secondary N) is 1. The van der Waals surface area contributed by atoms with E-state index in [1.165, 1.54) is 24.1 Å². The smallest absolute Gasteiger partial charge is 0.309 e. The lowest BCUT2D eigenvalue weighted by Crippen LogP contribution is -2.37. The number of hydrogen-bond acceptors (Lipinski definition) is 6. The summed E-state index contributed by atoms with van der Waals surface area (Å²) >= 11 is 0. The number of morpholine rings is 1. The van der Waals surface area contributed by atoms with Crippen molar-refractivity contribution in [2.24, 2.45) is 5.92 Å². The van der Waals surface area contributed by atoms with Gasteiger partial charge < -0.3 is 14.4 Å². The van der Waals surface area contributed by atoms with E-state index in [-0.39, 0.29) is 11.9 Å². The Morgan fingerprint density at radius 1 is 1.15 bits per heavy atom. The summed E-state index contributed by atoms with van der Waals surface area (Å²) in [6, 6.07) is 0. The van der Waals surface area contributed by atoms with E-state index >= 15 is 0 Å². The Morgan fingerprint density at radius 3 is 2.85 bits per heavy atom. The first-order valence-electron chi connectivity index (χ1n) is 10.0. The third-order valence-corrected chi connectivity index (χ3v) is 6.00. The van der Waals surface area contributed by atoms with E-state index in [4.69, 9.17) is 9.47 Å². The third-order valence-electron chi connectivity index (χ3n) is 6.00. The van der Waals surface area contributed by atoms with Crippen molar-refractivity contribution in [1.82, 2.24) is 20.0 Å². The second-order valence-corrected chi connectivity index (χ2v) is 7.78. The van der Waals surface area contributed by atoms with E-state index in [0.29, 0.717) is 12.5 Å². The van der Waals surface area contributed by atoms with Gasteiger partial charge in [0.25, 0.3) is 0 Å². The van der Waals surface area contributed by atoms with Gasteiger partial charge in [0.1, 0.15) is 0 Å². The fraction of sp³-hybridized carbons (Fsp3) is 0.789. The summed E-state index contributed by atoms with van der Waals surface area (Å²) in [5.41, 5.74) is 2.64. The number of piperidine rings is 1. The zero-order chi connectivity index (χ0) is 17.8. The molecule has 1 N–H and O–H groups in total. The molecule has 2 unspecified atom stereocenters. The molecule has 3 saturated heterocycles. The Morgan fingerprint density at radius 2 is 2.04 bits per heavy atom. The maximum absolute atomic E-state index is 11.7. The van der Waals surface area contributed by atoms with Crippen LogP contribution in [-0.2, 0) is 20.8 Å². The van der Waals surface area contributed by atoms with Gasteiger partial charge in [0.05, 0.1) is 31.9 Å². The molecule has 0 amide bonds. The summed E-state index contributed by atoms with van der Waals surface area (Å²) in [5.74, 6) is 0.622. The maximum atomic E-state index is 11.7. The number of hydrogen-bond donors (Lipinski definition) is 1. The average Bonchev–Trinajstić information content (AvgIpc) is 3.30. The highest BCUT2D eigenvalue weighted by molar-refractivity contribution is 5.74. The number of ether oxygens (including phenoxy) is 2. The van der Waals surface area contributed by atoms with Crippen LogP contribution in [0, 0.1) is 5.92 Å². The van der Waals surface area contributed by atoms with E-state index in [9.17, 15) is 4.79 Å². The highest BCUT2D eigenvalue weighted by Gasteiger charge is 2.29. The van der Waals surface area contributed by atoms with E-state index in [1.807, 2.05) is 6.20 Å². The monoisotopic (exact) mass is 362 g/mol. The molecule has 3 aliphatic heterocycles. The number of likely N-dealkylation sites (tertiary alicyclic amines) is 1. The van der Waals surface area contributed by atoms with Gasteiger partial charge in [0.2, 0.25) is 0 Å². The first-order valence-corrected chi connectivity index (χ1v) is 10.0. The van der Waals surface area contributed by atoms with Gasteiger partial charge in [-0.3, -0.25) is 14.8 Å². The van der Waals surface area contributed by atoms with Crippen molar-refractivity contribution in [2.75, 3.05) is 52.5 Å². The standard InChI is InChI=1S/C19H30N4O3/c24-19-15(4-9-26-19)3-6-22-5-1-2-16(13-22)18-17(12-20-21-18)14-23-7-10-25-11-8-23/h12,15-16H,1-11,13-14H2,(H,20,21). The topological polar surface area (TPSA) is 70.7 Å². The average molecular weight is 362 g/mol. The summed E-state index contributed by atoms with van der Waals surface area (Å²) < 4.78 is 10.5. The molecule has 4 rings (SSSR count). The van der Waals surface area contributed by atoms with E-state index in [1.54, 1.807) is 0 Å². The quantitative estimate of drug-likeness (QED) is 0.771. The van der Waals surface area contributed by atoms with Crippen molar-refractivity contribution in [2.45, 2.75) is 38.1 Å². The molecule has 7 heteroatoms. The number of aromatic nitrogens is 2. The Bertz CT molecular complexity index is 599. The van der Waals surface area contributed by atoms with Crippen LogP contribution in [0.15, 0.2) is 6.20 Å². The minimum atomic E-state index is -0.0000697. The molecule has 1 aromatic rings. The molecule has 0 saturated carbocycles. The van der Waals surface area contributed by atoms with Gasteiger partial charge in [-0.15, -0.1) is 0 Å². The van der Waals surface area contributed by atoms with Crippen molar-refractivity contribution in [3.05, 3.63) is 17.5 Å². The van der Waals surface area contributed by atoms with Crippen LogP contribution in [0.1, 0.15) is 42.9 Å². The molecule has 4 heterocycles. The number of rotatable bonds is 6. The first kappa shape index (κ1) is 17.9. The van der Waals surface area contributed by atoms with Crippen LogP contribution >= 0.6 is 0 Å². The number of esters is 1. The van der Waals surface area contributed by atoms with Crippen LogP contribution in [0.25, 0.3) is 0 Å². The molecular weight excluding hydrogens is 332 g/mol. The first-order chi connectivity index (χ1) is 12.8. The molecular formula is C19H30N4O3. The largest absolute Gasteiger partial charge is 0.465 e.